The Bertz CT molecular complexity index is 696. The van der Waals surface area contributed by atoms with Gasteiger partial charge in [0.1, 0.15) is 0 Å². The van der Waals surface area contributed by atoms with Crippen LogP contribution in [0.5, 0.6) is 0 Å². The highest BCUT2D eigenvalue weighted by Crippen LogP contribution is 2.35. The van der Waals surface area contributed by atoms with Gasteiger partial charge in [0.05, 0.1) is 12.7 Å². The van der Waals surface area contributed by atoms with Crippen LogP contribution >= 0.6 is 35.7 Å². The molecule has 2 saturated heterocycles. The first-order valence-electron chi connectivity index (χ1n) is 12.0. The third-order valence-corrected chi connectivity index (χ3v) is 8.13. The van der Waals surface area contributed by atoms with Crippen molar-refractivity contribution in [2.45, 2.75) is 57.4 Å². The number of halogens is 1. The van der Waals surface area contributed by atoms with Crippen molar-refractivity contribution < 1.29 is 0 Å². The third-order valence-electron chi connectivity index (χ3n) is 7.19. The lowest BCUT2D eigenvalue weighted by Crippen LogP contribution is -2.55. The monoisotopic (exact) mass is 560 g/mol. The van der Waals surface area contributed by atoms with E-state index in [-0.39, 0.29) is 24.0 Å². The summed E-state index contributed by atoms with van der Waals surface area (Å²) in [5.74, 6) is 4.41. The van der Waals surface area contributed by atoms with Crippen LogP contribution in [0.1, 0.15) is 51.0 Å². The highest BCUT2D eigenvalue weighted by Gasteiger charge is 2.38. The normalized spacial score (nSPS) is 24.8. The van der Waals surface area contributed by atoms with Crippen molar-refractivity contribution in [3.05, 3.63) is 18.0 Å². The van der Waals surface area contributed by atoms with E-state index in [1.165, 1.54) is 68.7 Å². The minimum absolute atomic E-state index is 0. The molecule has 31 heavy (non-hydrogen) atoms. The number of likely N-dealkylation sites (tertiary alicyclic amines) is 1. The molecule has 0 aromatic carbocycles. The van der Waals surface area contributed by atoms with Crippen molar-refractivity contribution in [3.8, 4) is 0 Å². The van der Waals surface area contributed by atoms with Crippen LogP contribution in [0.3, 0.4) is 0 Å². The average molecular weight is 561 g/mol. The van der Waals surface area contributed by atoms with Gasteiger partial charge in [-0.2, -0.15) is 16.9 Å². The van der Waals surface area contributed by atoms with Crippen molar-refractivity contribution in [1.82, 2.24) is 24.9 Å². The Hall–Kier alpha value is -0.480. The molecule has 4 rings (SSSR count). The predicted octanol–water partition coefficient (Wildman–Crippen LogP) is 3.62. The Morgan fingerprint density at radius 1 is 1.23 bits per heavy atom. The molecule has 3 heterocycles. The standard InChI is InChI=1S/C23H40N6S.HI/c1-3-24-22(28-10-7-20(18-28)15-21-16-26-27(2)17-21)25-19-23(8-5-4-6-9-23)29-11-13-30-14-12-29;/h16-17,20H,3-15,18-19H2,1-2H3,(H,24,25);1H. The number of aliphatic imine (C=N–C) groups is 1. The molecule has 6 nitrogen and oxygen atoms in total. The Labute approximate surface area is 210 Å². The number of thioether (sulfide) groups is 1. The van der Waals surface area contributed by atoms with E-state index in [1.54, 1.807) is 0 Å². The minimum Gasteiger partial charge on any atom is -0.357 e. The Kier molecular flexibility index (Phi) is 9.83. The summed E-state index contributed by atoms with van der Waals surface area (Å²) >= 11 is 2.11. The summed E-state index contributed by atoms with van der Waals surface area (Å²) in [7, 11) is 2.00. The molecule has 0 spiro atoms. The van der Waals surface area contributed by atoms with Gasteiger partial charge in [-0.1, -0.05) is 19.3 Å². The SMILES string of the molecule is CCNC(=NCC1(N2CCSCC2)CCCCC1)N1CCC(Cc2cnn(C)c2)C1.I. The number of aryl methyl sites for hydroxylation is 1. The molecule has 3 aliphatic rings. The summed E-state index contributed by atoms with van der Waals surface area (Å²) in [5, 5.41) is 7.95. The molecule has 1 atom stereocenters. The molecule has 176 valence electrons. The first kappa shape index (κ1) is 25.1. The number of rotatable bonds is 6. The van der Waals surface area contributed by atoms with Gasteiger partial charge in [-0.3, -0.25) is 14.6 Å². The van der Waals surface area contributed by atoms with Crippen LogP contribution < -0.4 is 5.32 Å². The second-order valence-electron chi connectivity index (χ2n) is 9.38. The van der Waals surface area contributed by atoms with Crippen LogP contribution in [0.2, 0.25) is 0 Å². The van der Waals surface area contributed by atoms with E-state index in [2.05, 4.69) is 45.1 Å². The number of hydrogen-bond acceptors (Lipinski definition) is 4. The average Bonchev–Trinajstić information content (AvgIpc) is 3.41. The zero-order valence-electron chi connectivity index (χ0n) is 19.4. The van der Waals surface area contributed by atoms with Crippen LogP contribution in [0, 0.1) is 5.92 Å². The van der Waals surface area contributed by atoms with Gasteiger partial charge in [-0.05, 0) is 44.1 Å². The van der Waals surface area contributed by atoms with Crippen LogP contribution in [0.15, 0.2) is 17.4 Å². The molecular weight excluding hydrogens is 519 g/mol. The van der Waals surface area contributed by atoms with Crippen LogP contribution in [0.4, 0.5) is 0 Å². The van der Waals surface area contributed by atoms with E-state index in [0.717, 1.165) is 38.6 Å². The molecule has 8 heteroatoms. The van der Waals surface area contributed by atoms with Gasteiger partial charge < -0.3 is 10.2 Å². The smallest absolute Gasteiger partial charge is 0.193 e. The highest BCUT2D eigenvalue weighted by atomic mass is 127. The fraction of sp³-hybridized carbons (Fsp3) is 0.826. The quantitative estimate of drug-likeness (QED) is 0.327. The zero-order chi connectivity index (χ0) is 20.8. The molecule has 1 aromatic heterocycles. The second kappa shape index (κ2) is 12.1. The van der Waals surface area contributed by atoms with Crippen LogP contribution in [-0.4, -0.2) is 81.9 Å². The molecular formula is C23H41IN6S. The Morgan fingerprint density at radius 2 is 2.00 bits per heavy atom. The molecule has 1 aromatic rings. The number of aromatic nitrogens is 2. The van der Waals surface area contributed by atoms with Gasteiger partial charge in [-0.25, -0.2) is 0 Å². The van der Waals surface area contributed by atoms with Crippen molar-refractivity contribution >= 4 is 41.7 Å². The maximum Gasteiger partial charge on any atom is 0.193 e. The van der Waals surface area contributed by atoms with Crippen LogP contribution in [0.25, 0.3) is 0 Å². The second-order valence-corrected chi connectivity index (χ2v) is 10.6. The van der Waals surface area contributed by atoms with E-state index in [9.17, 15) is 0 Å². The maximum atomic E-state index is 5.28. The van der Waals surface area contributed by atoms with E-state index in [0.29, 0.717) is 11.5 Å². The van der Waals surface area contributed by atoms with Crippen LogP contribution in [-0.2, 0) is 13.5 Å². The van der Waals surface area contributed by atoms with Gasteiger partial charge in [0.15, 0.2) is 5.96 Å². The van der Waals surface area contributed by atoms with Gasteiger partial charge in [0.2, 0.25) is 0 Å². The molecule has 3 fully saturated rings. The molecule has 0 amide bonds. The van der Waals surface area contributed by atoms with Gasteiger partial charge >= 0.3 is 0 Å². The molecule has 0 bridgehead atoms. The van der Waals surface area contributed by atoms with Crippen molar-refractivity contribution in [2.75, 3.05) is 50.8 Å². The molecule has 2 aliphatic heterocycles. The summed E-state index contributed by atoms with van der Waals surface area (Å²) in [6, 6.07) is 0. The predicted molar refractivity (Wildman–Crippen MR) is 143 cm³/mol. The fourth-order valence-electron chi connectivity index (χ4n) is 5.57. The summed E-state index contributed by atoms with van der Waals surface area (Å²) in [6.45, 7) is 8.80. The topological polar surface area (TPSA) is 48.7 Å². The lowest BCUT2D eigenvalue weighted by Gasteiger charge is -2.47. The number of nitrogens with zero attached hydrogens (tertiary/aromatic N) is 5. The summed E-state index contributed by atoms with van der Waals surface area (Å²) in [5.41, 5.74) is 1.66. The van der Waals surface area contributed by atoms with E-state index in [1.807, 2.05) is 17.9 Å². The summed E-state index contributed by atoms with van der Waals surface area (Å²) < 4.78 is 1.91. The Morgan fingerprint density at radius 3 is 2.68 bits per heavy atom. The van der Waals surface area contributed by atoms with E-state index in [4.69, 9.17) is 4.99 Å². The van der Waals surface area contributed by atoms with Gasteiger partial charge in [0, 0.05) is 63.0 Å². The summed E-state index contributed by atoms with van der Waals surface area (Å²) in [4.78, 5) is 10.6. The lowest BCUT2D eigenvalue weighted by atomic mass is 9.80. The molecule has 1 aliphatic carbocycles. The van der Waals surface area contributed by atoms with Gasteiger partial charge in [-0.15, -0.1) is 24.0 Å². The minimum atomic E-state index is 0. The molecule has 1 unspecified atom stereocenters. The first-order chi connectivity index (χ1) is 14.7. The zero-order valence-corrected chi connectivity index (χ0v) is 22.5. The van der Waals surface area contributed by atoms with Crippen molar-refractivity contribution in [1.29, 1.82) is 0 Å². The fourth-order valence-corrected chi connectivity index (χ4v) is 6.48. The van der Waals surface area contributed by atoms with Crippen molar-refractivity contribution in [2.24, 2.45) is 18.0 Å². The third kappa shape index (κ3) is 6.53. The van der Waals surface area contributed by atoms with E-state index < -0.39 is 0 Å². The number of hydrogen-bond donors (Lipinski definition) is 1. The van der Waals surface area contributed by atoms with Crippen molar-refractivity contribution in [3.63, 3.8) is 0 Å². The van der Waals surface area contributed by atoms with E-state index >= 15 is 0 Å². The summed E-state index contributed by atoms with van der Waals surface area (Å²) in [6.07, 6.45) is 13.3. The first-order valence-corrected chi connectivity index (χ1v) is 13.2. The lowest BCUT2D eigenvalue weighted by molar-refractivity contribution is 0.0670. The number of guanidine groups is 1. The van der Waals surface area contributed by atoms with Gasteiger partial charge in [0.25, 0.3) is 0 Å². The molecule has 1 N–H and O–H groups in total. The molecule has 0 radical (unpaired) electrons. The highest BCUT2D eigenvalue weighted by molar-refractivity contribution is 14.0. The Balaban J connectivity index is 0.00000272. The largest absolute Gasteiger partial charge is 0.357 e. The molecule has 1 saturated carbocycles. The number of nitrogens with one attached hydrogen (secondary N) is 1. The maximum absolute atomic E-state index is 5.28.